The van der Waals surface area contributed by atoms with E-state index < -0.39 is 0 Å². The number of hydrogen-bond acceptors (Lipinski definition) is 2. The topological polar surface area (TPSA) is 38.3 Å². The van der Waals surface area contributed by atoms with E-state index in [-0.39, 0.29) is 23.5 Å². The Kier molecular flexibility index (Phi) is 4.40. The molecule has 0 bridgehead atoms. The Morgan fingerprint density at radius 3 is 2.84 bits per heavy atom. The lowest BCUT2D eigenvalue weighted by Crippen LogP contribution is -2.34. The maximum absolute atomic E-state index is 13.5. The van der Waals surface area contributed by atoms with E-state index in [0.29, 0.717) is 18.8 Å². The second kappa shape index (κ2) is 6.04. The molecule has 1 atom stereocenters. The number of methoxy groups -OCH3 is 1. The molecule has 0 aromatic heterocycles. The number of rotatable bonds is 6. The Hall–Kier alpha value is -1.58. The van der Waals surface area contributed by atoms with Crippen LogP contribution in [0.15, 0.2) is 18.2 Å². The van der Waals surface area contributed by atoms with Gasteiger partial charge in [-0.2, -0.15) is 0 Å². The van der Waals surface area contributed by atoms with Gasteiger partial charge in [0.05, 0.1) is 7.11 Å². The highest BCUT2D eigenvalue weighted by molar-refractivity contribution is 5.76. The van der Waals surface area contributed by atoms with E-state index in [1.54, 1.807) is 12.1 Å². The molecular formula is C15H20FNO2. The van der Waals surface area contributed by atoms with Crippen LogP contribution in [-0.4, -0.2) is 19.1 Å². The molecule has 1 unspecified atom stereocenters. The molecule has 1 aliphatic rings. The van der Waals surface area contributed by atoms with Gasteiger partial charge in [-0.15, -0.1) is 0 Å². The van der Waals surface area contributed by atoms with Gasteiger partial charge in [-0.05, 0) is 49.8 Å². The quantitative estimate of drug-likeness (QED) is 0.858. The molecule has 4 heteroatoms. The summed E-state index contributed by atoms with van der Waals surface area (Å²) in [6, 6.07) is 5.07. The van der Waals surface area contributed by atoms with Crippen LogP contribution in [0, 0.1) is 11.7 Å². The van der Waals surface area contributed by atoms with Crippen molar-refractivity contribution < 1.29 is 13.9 Å². The van der Waals surface area contributed by atoms with E-state index in [1.165, 1.54) is 26.0 Å². The van der Waals surface area contributed by atoms with Crippen molar-refractivity contribution in [2.75, 3.05) is 7.11 Å². The molecule has 0 spiro atoms. The number of ether oxygens (including phenoxy) is 1. The lowest BCUT2D eigenvalue weighted by molar-refractivity contribution is -0.121. The van der Waals surface area contributed by atoms with Gasteiger partial charge >= 0.3 is 0 Å². The molecule has 0 radical (unpaired) electrons. The number of carbonyl (C=O) groups is 1. The van der Waals surface area contributed by atoms with Crippen LogP contribution in [0.25, 0.3) is 0 Å². The van der Waals surface area contributed by atoms with Crippen LogP contribution in [0.3, 0.4) is 0 Å². The zero-order valence-electron chi connectivity index (χ0n) is 11.4. The van der Waals surface area contributed by atoms with Crippen LogP contribution in [0.5, 0.6) is 5.75 Å². The summed E-state index contributed by atoms with van der Waals surface area (Å²) < 4.78 is 18.3. The summed E-state index contributed by atoms with van der Waals surface area (Å²) in [4.78, 5) is 11.7. The number of aryl methyl sites for hydroxylation is 1. The van der Waals surface area contributed by atoms with Gasteiger partial charge in [-0.25, -0.2) is 4.39 Å². The fourth-order valence-electron chi connectivity index (χ4n) is 2.16. The highest BCUT2D eigenvalue weighted by Gasteiger charge is 2.28. The third-order valence-electron chi connectivity index (χ3n) is 3.57. The van der Waals surface area contributed by atoms with Crippen LogP contribution >= 0.6 is 0 Å². The Morgan fingerprint density at radius 1 is 1.53 bits per heavy atom. The third kappa shape index (κ3) is 3.94. The van der Waals surface area contributed by atoms with E-state index in [2.05, 4.69) is 5.32 Å². The summed E-state index contributed by atoms with van der Waals surface area (Å²) in [6.07, 6.45) is 3.36. The minimum atomic E-state index is -0.383. The molecule has 0 heterocycles. The number of amides is 1. The van der Waals surface area contributed by atoms with E-state index in [1.807, 2.05) is 6.92 Å². The predicted molar refractivity (Wildman–Crippen MR) is 71.6 cm³/mol. The number of nitrogens with one attached hydrogen (secondary N) is 1. The van der Waals surface area contributed by atoms with E-state index in [9.17, 15) is 9.18 Å². The Balaban J connectivity index is 1.80. The standard InChI is InChI=1S/C15H20FNO2/c1-10(12-5-6-12)17-15(18)8-4-11-3-7-14(19-2)13(16)9-11/h3,7,9-10,12H,4-6,8H2,1-2H3,(H,17,18). The largest absolute Gasteiger partial charge is 0.494 e. The summed E-state index contributed by atoms with van der Waals surface area (Å²) in [6.45, 7) is 2.04. The number of benzene rings is 1. The zero-order valence-corrected chi connectivity index (χ0v) is 11.4. The SMILES string of the molecule is COc1ccc(CCC(=O)NC(C)C2CC2)cc1F. The Labute approximate surface area is 113 Å². The first-order chi connectivity index (χ1) is 9.10. The van der Waals surface area contributed by atoms with Crippen molar-refractivity contribution in [1.82, 2.24) is 5.32 Å². The number of hydrogen-bond donors (Lipinski definition) is 1. The maximum atomic E-state index is 13.5. The highest BCUT2D eigenvalue weighted by atomic mass is 19.1. The first-order valence-electron chi connectivity index (χ1n) is 6.72. The van der Waals surface area contributed by atoms with E-state index >= 15 is 0 Å². The molecule has 104 valence electrons. The molecule has 1 aliphatic carbocycles. The van der Waals surface area contributed by atoms with Crippen LogP contribution < -0.4 is 10.1 Å². The zero-order chi connectivity index (χ0) is 13.8. The fraction of sp³-hybridized carbons (Fsp3) is 0.533. The molecule has 19 heavy (non-hydrogen) atoms. The van der Waals surface area contributed by atoms with Crippen molar-refractivity contribution in [3.63, 3.8) is 0 Å². The van der Waals surface area contributed by atoms with Crippen LogP contribution in [0.2, 0.25) is 0 Å². The van der Waals surface area contributed by atoms with Crippen molar-refractivity contribution in [1.29, 1.82) is 0 Å². The molecular weight excluding hydrogens is 245 g/mol. The fourth-order valence-corrected chi connectivity index (χ4v) is 2.16. The maximum Gasteiger partial charge on any atom is 0.220 e. The van der Waals surface area contributed by atoms with Crippen molar-refractivity contribution in [2.24, 2.45) is 5.92 Å². The minimum absolute atomic E-state index is 0.0376. The van der Waals surface area contributed by atoms with Gasteiger partial charge in [-0.3, -0.25) is 4.79 Å². The van der Waals surface area contributed by atoms with Gasteiger partial charge in [-0.1, -0.05) is 6.07 Å². The molecule has 0 saturated heterocycles. The van der Waals surface area contributed by atoms with Gasteiger partial charge in [0, 0.05) is 12.5 Å². The molecule has 0 aliphatic heterocycles. The summed E-state index contributed by atoms with van der Waals surface area (Å²) in [5, 5.41) is 2.99. The van der Waals surface area contributed by atoms with Crippen molar-refractivity contribution in [3.05, 3.63) is 29.6 Å². The van der Waals surface area contributed by atoms with Crippen molar-refractivity contribution >= 4 is 5.91 Å². The van der Waals surface area contributed by atoms with E-state index in [0.717, 1.165) is 5.56 Å². The predicted octanol–water partition coefficient (Wildman–Crippen LogP) is 2.68. The molecule has 1 saturated carbocycles. The van der Waals surface area contributed by atoms with Gasteiger partial charge in [0.25, 0.3) is 0 Å². The van der Waals surface area contributed by atoms with Crippen molar-refractivity contribution in [3.8, 4) is 5.75 Å². The Morgan fingerprint density at radius 2 is 2.26 bits per heavy atom. The van der Waals surface area contributed by atoms with E-state index in [4.69, 9.17) is 4.74 Å². The highest BCUT2D eigenvalue weighted by Crippen LogP contribution is 2.32. The number of halogens is 1. The van der Waals surface area contributed by atoms with Crippen LogP contribution in [-0.2, 0) is 11.2 Å². The number of carbonyl (C=O) groups excluding carboxylic acids is 1. The smallest absolute Gasteiger partial charge is 0.220 e. The monoisotopic (exact) mass is 265 g/mol. The second-order valence-corrected chi connectivity index (χ2v) is 5.16. The molecule has 1 aromatic rings. The van der Waals surface area contributed by atoms with Gasteiger partial charge in [0.1, 0.15) is 0 Å². The molecule has 1 amide bonds. The first kappa shape index (κ1) is 13.8. The lowest BCUT2D eigenvalue weighted by Gasteiger charge is -2.12. The second-order valence-electron chi connectivity index (χ2n) is 5.16. The summed E-state index contributed by atoms with van der Waals surface area (Å²) in [5.41, 5.74) is 0.813. The normalized spacial score (nSPS) is 15.9. The third-order valence-corrected chi connectivity index (χ3v) is 3.57. The molecule has 1 aromatic carbocycles. The van der Waals surface area contributed by atoms with Crippen LogP contribution in [0.1, 0.15) is 31.7 Å². The lowest BCUT2D eigenvalue weighted by atomic mass is 10.1. The molecule has 1 fully saturated rings. The van der Waals surface area contributed by atoms with Gasteiger partial charge in [0.2, 0.25) is 5.91 Å². The Bertz CT molecular complexity index is 457. The summed E-state index contributed by atoms with van der Waals surface area (Å²) >= 11 is 0. The average molecular weight is 265 g/mol. The average Bonchev–Trinajstić information content (AvgIpc) is 3.20. The summed E-state index contributed by atoms with van der Waals surface area (Å²) in [7, 11) is 1.44. The van der Waals surface area contributed by atoms with Gasteiger partial charge in [0.15, 0.2) is 11.6 Å². The van der Waals surface area contributed by atoms with Crippen molar-refractivity contribution in [2.45, 2.75) is 38.6 Å². The van der Waals surface area contributed by atoms with Crippen LogP contribution in [0.4, 0.5) is 4.39 Å². The van der Waals surface area contributed by atoms with Gasteiger partial charge < -0.3 is 10.1 Å². The molecule has 1 N–H and O–H groups in total. The molecule has 2 rings (SSSR count). The first-order valence-corrected chi connectivity index (χ1v) is 6.72. The molecule has 3 nitrogen and oxygen atoms in total. The summed E-state index contributed by atoms with van der Waals surface area (Å²) in [5.74, 6) is 0.542. The minimum Gasteiger partial charge on any atom is -0.494 e.